The van der Waals surface area contributed by atoms with Gasteiger partial charge in [0.2, 0.25) is 0 Å². The molecule has 1 aromatic heterocycles. The number of carbonyl (C=O) groups is 1. The van der Waals surface area contributed by atoms with Gasteiger partial charge in [0, 0.05) is 5.69 Å². The average molecular weight is 334 g/mol. The lowest BCUT2D eigenvalue weighted by Gasteiger charge is -2.14. The Morgan fingerprint density at radius 1 is 1.28 bits per heavy atom. The molecule has 2 heterocycles. The van der Waals surface area contributed by atoms with E-state index >= 15 is 0 Å². The third-order valence-corrected chi connectivity index (χ3v) is 4.61. The Morgan fingerprint density at radius 2 is 2.04 bits per heavy atom. The van der Waals surface area contributed by atoms with Crippen molar-refractivity contribution in [2.24, 2.45) is 0 Å². The molecule has 0 unspecified atom stereocenters. The molecule has 8 heteroatoms. The van der Waals surface area contributed by atoms with Gasteiger partial charge in [0.25, 0.3) is 0 Å². The number of hydrogen-bond donors (Lipinski definition) is 0. The topological polar surface area (TPSA) is 108 Å². The number of amides is 1. The number of carbonyl (C=O) groups excluding carboxylic acids is 1. The molecule has 124 valence electrons. The summed E-state index contributed by atoms with van der Waals surface area (Å²) in [5.74, 6) is 0. The summed E-state index contributed by atoms with van der Waals surface area (Å²) >= 11 is 0. The van der Waals surface area contributed by atoms with Crippen molar-refractivity contribution in [2.75, 3.05) is 11.4 Å². The van der Waals surface area contributed by atoms with Crippen LogP contribution in [-0.2, 0) is 16.7 Å². The predicted molar refractivity (Wildman–Crippen MR) is 85.3 cm³/mol. The zero-order valence-electron chi connectivity index (χ0n) is 13.3. The monoisotopic (exact) mass is 334 g/mol. The predicted octanol–water partition coefficient (Wildman–Crippen LogP) is 1.73. The zero-order chi connectivity index (χ0) is 17.4. The second-order valence-electron chi connectivity index (χ2n) is 6.29. The van der Waals surface area contributed by atoms with Crippen LogP contribution in [0.2, 0.25) is 0 Å². The summed E-state index contributed by atoms with van der Waals surface area (Å²) in [7, 11) is 0. The van der Waals surface area contributed by atoms with Gasteiger partial charge in [-0.2, -0.15) is 10.5 Å². The first kappa shape index (κ1) is 15.2. The van der Waals surface area contributed by atoms with Crippen LogP contribution in [-0.4, -0.2) is 33.7 Å². The molecule has 2 fully saturated rings. The molecule has 1 saturated carbocycles. The van der Waals surface area contributed by atoms with E-state index in [0.717, 1.165) is 24.1 Å². The van der Waals surface area contributed by atoms with Crippen molar-refractivity contribution < 1.29 is 9.53 Å². The summed E-state index contributed by atoms with van der Waals surface area (Å²) in [5, 5.41) is 25.5. The Labute approximate surface area is 143 Å². The molecule has 0 radical (unpaired) electrons. The summed E-state index contributed by atoms with van der Waals surface area (Å²) in [4.78, 5) is 13.7. The van der Waals surface area contributed by atoms with Crippen LogP contribution in [0.5, 0.6) is 0 Å². The molecule has 4 rings (SSSR count). The van der Waals surface area contributed by atoms with Crippen LogP contribution in [0.4, 0.5) is 10.5 Å². The first-order valence-electron chi connectivity index (χ1n) is 7.94. The molecular weight excluding hydrogens is 320 g/mol. The van der Waals surface area contributed by atoms with E-state index in [9.17, 15) is 10.1 Å². The SMILES string of the molecule is N#Cc1cn(C[C@H]2CN(c3ccc(C4(C#N)CC4)cc3)C(=O)O2)nn1. The number of cyclic esters (lactones) is 1. The average Bonchev–Trinajstić information content (AvgIpc) is 3.17. The maximum Gasteiger partial charge on any atom is 0.414 e. The molecule has 2 aromatic rings. The zero-order valence-corrected chi connectivity index (χ0v) is 13.3. The summed E-state index contributed by atoms with van der Waals surface area (Å²) < 4.78 is 6.86. The van der Waals surface area contributed by atoms with Crippen molar-refractivity contribution in [3.63, 3.8) is 0 Å². The number of aromatic nitrogens is 3. The second kappa shape index (κ2) is 5.60. The van der Waals surface area contributed by atoms with Gasteiger partial charge in [-0.05, 0) is 30.5 Å². The van der Waals surface area contributed by atoms with Gasteiger partial charge in [-0.3, -0.25) is 4.90 Å². The lowest BCUT2D eigenvalue weighted by molar-refractivity contribution is 0.129. The maximum absolute atomic E-state index is 12.1. The summed E-state index contributed by atoms with van der Waals surface area (Å²) in [6.45, 7) is 0.732. The van der Waals surface area contributed by atoms with Crippen LogP contribution < -0.4 is 4.90 Å². The third-order valence-electron chi connectivity index (χ3n) is 4.61. The van der Waals surface area contributed by atoms with E-state index in [1.54, 1.807) is 4.90 Å². The van der Waals surface area contributed by atoms with Gasteiger partial charge in [-0.1, -0.05) is 17.3 Å². The molecule has 1 aliphatic heterocycles. The number of benzene rings is 1. The fraction of sp³-hybridized carbons (Fsp3) is 0.353. The van der Waals surface area contributed by atoms with E-state index in [1.165, 1.54) is 10.9 Å². The highest BCUT2D eigenvalue weighted by Gasteiger charge is 2.45. The van der Waals surface area contributed by atoms with Gasteiger partial charge < -0.3 is 4.74 Å². The molecule has 1 aliphatic carbocycles. The van der Waals surface area contributed by atoms with E-state index < -0.39 is 6.09 Å². The largest absolute Gasteiger partial charge is 0.442 e. The lowest BCUT2D eigenvalue weighted by Crippen LogP contribution is -2.26. The van der Waals surface area contributed by atoms with Crippen molar-refractivity contribution in [2.45, 2.75) is 30.9 Å². The van der Waals surface area contributed by atoms with Crippen molar-refractivity contribution in [3.05, 3.63) is 41.7 Å². The Kier molecular flexibility index (Phi) is 3.40. The van der Waals surface area contributed by atoms with E-state index in [-0.39, 0.29) is 17.2 Å². The quantitative estimate of drug-likeness (QED) is 0.842. The van der Waals surface area contributed by atoms with Gasteiger partial charge in [-0.15, -0.1) is 5.10 Å². The number of nitrogens with zero attached hydrogens (tertiary/aromatic N) is 6. The molecule has 1 amide bonds. The van der Waals surface area contributed by atoms with E-state index in [0.29, 0.717) is 13.1 Å². The fourth-order valence-corrected chi connectivity index (χ4v) is 3.03. The minimum absolute atomic E-state index is 0.225. The summed E-state index contributed by atoms with van der Waals surface area (Å²) in [6.07, 6.45) is 2.51. The highest BCUT2D eigenvalue weighted by atomic mass is 16.6. The van der Waals surface area contributed by atoms with Crippen LogP contribution in [0.3, 0.4) is 0 Å². The van der Waals surface area contributed by atoms with Gasteiger partial charge in [0.15, 0.2) is 5.69 Å². The van der Waals surface area contributed by atoms with E-state index in [2.05, 4.69) is 16.4 Å². The fourth-order valence-electron chi connectivity index (χ4n) is 3.03. The molecule has 1 saturated heterocycles. The van der Waals surface area contributed by atoms with E-state index in [1.807, 2.05) is 30.3 Å². The first-order chi connectivity index (χ1) is 12.1. The molecule has 1 aromatic carbocycles. The summed E-state index contributed by atoms with van der Waals surface area (Å²) in [5.41, 5.74) is 1.62. The molecule has 25 heavy (non-hydrogen) atoms. The smallest absolute Gasteiger partial charge is 0.414 e. The Bertz CT molecular complexity index is 900. The highest BCUT2D eigenvalue weighted by Crippen LogP contribution is 2.47. The number of nitriles is 2. The van der Waals surface area contributed by atoms with Crippen LogP contribution in [0.1, 0.15) is 24.1 Å². The number of anilines is 1. The normalized spacial score (nSPS) is 20.6. The second-order valence-corrected chi connectivity index (χ2v) is 6.29. The Morgan fingerprint density at radius 3 is 2.64 bits per heavy atom. The van der Waals surface area contributed by atoms with Gasteiger partial charge >= 0.3 is 6.09 Å². The minimum Gasteiger partial charge on any atom is -0.442 e. The van der Waals surface area contributed by atoms with E-state index in [4.69, 9.17) is 10.00 Å². The molecule has 8 nitrogen and oxygen atoms in total. The van der Waals surface area contributed by atoms with Gasteiger partial charge in [0.1, 0.15) is 12.2 Å². The third kappa shape index (κ3) is 2.68. The van der Waals surface area contributed by atoms with Crippen LogP contribution in [0.25, 0.3) is 0 Å². The number of ether oxygens (including phenoxy) is 1. The van der Waals surface area contributed by atoms with Gasteiger partial charge in [0.05, 0.1) is 30.8 Å². The highest BCUT2D eigenvalue weighted by molar-refractivity contribution is 5.89. The first-order valence-corrected chi connectivity index (χ1v) is 7.94. The Hall–Kier alpha value is -3.39. The van der Waals surface area contributed by atoms with Crippen LogP contribution in [0, 0.1) is 22.7 Å². The van der Waals surface area contributed by atoms with Crippen molar-refractivity contribution in [1.29, 1.82) is 10.5 Å². The summed E-state index contributed by atoms with van der Waals surface area (Å²) in [6, 6.07) is 11.8. The van der Waals surface area contributed by atoms with Crippen LogP contribution in [0.15, 0.2) is 30.5 Å². The molecular formula is C17H14N6O2. The van der Waals surface area contributed by atoms with Crippen molar-refractivity contribution in [3.8, 4) is 12.1 Å². The van der Waals surface area contributed by atoms with Crippen molar-refractivity contribution in [1.82, 2.24) is 15.0 Å². The van der Waals surface area contributed by atoms with Gasteiger partial charge in [-0.25, -0.2) is 9.48 Å². The number of hydrogen-bond acceptors (Lipinski definition) is 6. The molecule has 1 atom stereocenters. The molecule has 0 spiro atoms. The molecule has 0 N–H and O–H groups in total. The lowest BCUT2D eigenvalue weighted by atomic mass is 9.97. The molecule has 0 bridgehead atoms. The van der Waals surface area contributed by atoms with Crippen molar-refractivity contribution >= 4 is 11.8 Å². The number of rotatable bonds is 4. The Balaban J connectivity index is 1.45. The molecule has 2 aliphatic rings. The minimum atomic E-state index is -0.417. The standard InChI is InChI=1S/C17H14N6O2/c18-7-13-8-22(21-20-13)9-15-10-23(16(24)25-15)14-3-1-12(2-4-14)17(11-19)5-6-17/h1-4,8,15H,5-6,9-10H2/t15-/m0/s1. The van der Waals surface area contributed by atoms with Crippen LogP contribution >= 0.6 is 0 Å². The maximum atomic E-state index is 12.1.